The molecule has 0 radical (unpaired) electrons. The zero-order valence-electron chi connectivity index (χ0n) is 7.22. The zero-order chi connectivity index (χ0) is 7.56. The van der Waals surface area contributed by atoms with Gasteiger partial charge in [-0.2, -0.15) is 0 Å². The molecule has 1 rings (SSSR count). The number of hydrogen-bond donors (Lipinski definition) is 1. The molecule has 0 aromatic carbocycles. The Bertz CT molecular complexity index is 103. The third kappa shape index (κ3) is 1.96. The van der Waals surface area contributed by atoms with Crippen LogP contribution in [0.25, 0.3) is 0 Å². The molecular formula is C8H18N2. The first-order valence-electron chi connectivity index (χ1n) is 4.14. The summed E-state index contributed by atoms with van der Waals surface area (Å²) in [6.07, 6.45) is 1.27. The van der Waals surface area contributed by atoms with Crippen molar-refractivity contribution in [1.82, 2.24) is 10.2 Å². The Hall–Kier alpha value is -0.0800. The third-order valence-electron chi connectivity index (χ3n) is 2.40. The van der Waals surface area contributed by atoms with Crippen molar-refractivity contribution in [2.75, 3.05) is 20.1 Å². The topological polar surface area (TPSA) is 15.3 Å². The molecular weight excluding hydrogens is 124 g/mol. The highest BCUT2D eigenvalue weighted by atomic mass is 15.2. The van der Waals surface area contributed by atoms with Gasteiger partial charge in [0.2, 0.25) is 0 Å². The molecule has 2 atom stereocenters. The van der Waals surface area contributed by atoms with Crippen molar-refractivity contribution in [1.29, 1.82) is 0 Å². The van der Waals surface area contributed by atoms with Gasteiger partial charge >= 0.3 is 0 Å². The van der Waals surface area contributed by atoms with Crippen molar-refractivity contribution in [3.05, 3.63) is 0 Å². The fourth-order valence-electron chi connectivity index (χ4n) is 1.48. The number of nitrogens with one attached hydrogen (secondary N) is 1. The first-order valence-corrected chi connectivity index (χ1v) is 4.14. The maximum atomic E-state index is 3.46. The Kier molecular flexibility index (Phi) is 2.69. The summed E-state index contributed by atoms with van der Waals surface area (Å²) in [4.78, 5) is 2.41. The van der Waals surface area contributed by atoms with Crippen LogP contribution in [0.1, 0.15) is 20.3 Å². The van der Waals surface area contributed by atoms with E-state index >= 15 is 0 Å². The summed E-state index contributed by atoms with van der Waals surface area (Å²) in [5.74, 6) is 0. The quantitative estimate of drug-likeness (QED) is 0.535. The van der Waals surface area contributed by atoms with Gasteiger partial charge in [0.15, 0.2) is 0 Å². The van der Waals surface area contributed by atoms with Gasteiger partial charge in [0.25, 0.3) is 0 Å². The van der Waals surface area contributed by atoms with Crippen LogP contribution in [0.15, 0.2) is 0 Å². The van der Waals surface area contributed by atoms with E-state index in [0.717, 1.165) is 12.6 Å². The molecule has 0 saturated carbocycles. The van der Waals surface area contributed by atoms with Gasteiger partial charge < -0.3 is 10.2 Å². The van der Waals surface area contributed by atoms with Gasteiger partial charge in [0.1, 0.15) is 0 Å². The van der Waals surface area contributed by atoms with E-state index in [2.05, 4.69) is 31.1 Å². The second-order valence-corrected chi connectivity index (χ2v) is 3.42. The molecule has 2 nitrogen and oxygen atoms in total. The lowest BCUT2D eigenvalue weighted by Gasteiger charge is -2.21. The summed E-state index contributed by atoms with van der Waals surface area (Å²) in [7, 11) is 2.20. The van der Waals surface area contributed by atoms with E-state index in [4.69, 9.17) is 0 Å². The molecule has 0 aromatic rings. The molecule has 1 N–H and O–H groups in total. The molecule has 0 spiro atoms. The minimum absolute atomic E-state index is 0.694. The van der Waals surface area contributed by atoms with Crippen LogP contribution in [0.2, 0.25) is 0 Å². The average molecular weight is 142 g/mol. The Balaban J connectivity index is 2.41. The van der Waals surface area contributed by atoms with Gasteiger partial charge in [0, 0.05) is 25.2 Å². The highest BCUT2D eigenvalue weighted by Crippen LogP contribution is 2.06. The molecule has 0 aliphatic carbocycles. The van der Waals surface area contributed by atoms with Gasteiger partial charge in [-0.15, -0.1) is 0 Å². The second-order valence-electron chi connectivity index (χ2n) is 3.42. The van der Waals surface area contributed by atoms with Crippen LogP contribution in [0.5, 0.6) is 0 Å². The molecule has 10 heavy (non-hydrogen) atoms. The summed E-state index contributed by atoms with van der Waals surface area (Å²) in [6, 6.07) is 1.44. The van der Waals surface area contributed by atoms with Crippen molar-refractivity contribution in [3.8, 4) is 0 Å². The van der Waals surface area contributed by atoms with Crippen LogP contribution in [-0.4, -0.2) is 37.1 Å². The Morgan fingerprint density at radius 3 is 2.80 bits per heavy atom. The largest absolute Gasteiger partial charge is 0.313 e. The molecule has 2 heteroatoms. The number of rotatable bonds is 0. The molecule has 1 aliphatic rings. The monoisotopic (exact) mass is 142 g/mol. The summed E-state index contributed by atoms with van der Waals surface area (Å²) in [5, 5.41) is 3.46. The van der Waals surface area contributed by atoms with Gasteiger partial charge in [-0.1, -0.05) is 0 Å². The molecule has 1 fully saturated rings. The SMILES string of the molecule is CC1CC(C)N(C)CCN1. The maximum Gasteiger partial charge on any atom is 0.0107 e. The summed E-state index contributed by atoms with van der Waals surface area (Å²) in [5.41, 5.74) is 0. The molecule has 1 aliphatic heterocycles. The fourth-order valence-corrected chi connectivity index (χ4v) is 1.48. The zero-order valence-corrected chi connectivity index (χ0v) is 7.22. The van der Waals surface area contributed by atoms with E-state index in [-0.39, 0.29) is 0 Å². The Morgan fingerprint density at radius 1 is 1.40 bits per heavy atom. The van der Waals surface area contributed by atoms with E-state index in [1.54, 1.807) is 0 Å². The van der Waals surface area contributed by atoms with E-state index < -0.39 is 0 Å². The number of nitrogens with zero attached hydrogens (tertiary/aromatic N) is 1. The standard InChI is InChI=1S/C8H18N2/c1-7-6-8(2)10(3)5-4-9-7/h7-9H,4-6H2,1-3H3. The van der Waals surface area contributed by atoms with Gasteiger partial charge in [-0.05, 0) is 27.3 Å². The maximum absolute atomic E-state index is 3.46. The molecule has 1 saturated heterocycles. The van der Waals surface area contributed by atoms with Crippen LogP contribution >= 0.6 is 0 Å². The first-order chi connectivity index (χ1) is 4.70. The molecule has 2 unspecified atom stereocenters. The summed E-state index contributed by atoms with van der Waals surface area (Å²) in [6.45, 7) is 6.88. The van der Waals surface area contributed by atoms with Crippen LogP contribution in [0.3, 0.4) is 0 Å². The first kappa shape index (κ1) is 8.02. The van der Waals surface area contributed by atoms with Gasteiger partial charge in [0.05, 0.1) is 0 Å². The Labute approximate surface area is 63.6 Å². The number of hydrogen-bond acceptors (Lipinski definition) is 2. The summed E-state index contributed by atoms with van der Waals surface area (Å²) >= 11 is 0. The highest BCUT2D eigenvalue weighted by Gasteiger charge is 2.15. The number of likely N-dealkylation sites (N-methyl/N-ethyl adjacent to an activating group) is 1. The highest BCUT2D eigenvalue weighted by molar-refractivity contribution is 4.75. The van der Waals surface area contributed by atoms with Crippen LogP contribution < -0.4 is 5.32 Å². The van der Waals surface area contributed by atoms with E-state index in [1.807, 2.05) is 0 Å². The van der Waals surface area contributed by atoms with Crippen molar-refractivity contribution in [2.24, 2.45) is 0 Å². The van der Waals surface area contributed by atoms with Gasteiger partial charge in [-0.25, -0.2) is 0 Å². The van der Waals surface area contributed by atoms with Crippen LogP contribution in [-0.2, 0) is 0 Å². The lowest BCUT2D eigenvalue weighted by Crippen LogP contribution is -2.29. The van der Waals surface area contributed by atoms with Crippen LogP contribution in [0, 0.1) is 0 Å². The fraction of sp³-hybridized carbons (Fsp3) is 1.00. The lowest BCUT2D eigenvalue weighted by molar-refractivity contribution is 0.266. The second kappa shape index (κ2) is 3.35. The van der Waals surface area contributed by atoms with Gasteiger partial charge in [-0.3, -0.25) is 0 Å². The minimum atomic E-state index is 0.694. The predicted octanol–water partition coefficient (Wildman–Crippen LogP) is 0.688. The normalized spacial score (nSPS) is 37.5. The molecule has 1 heterocycles. The predicted molar refractivity (Wildman–Crippen MR) is 44.2 cm³/mol. The van der Waals surface area contributed by atoms with E-state index in [9.17, 15) is 0 Å². The summed E-state index contributed by atoms with van der Waals surface area (Å²) < 4.78 is 0. The smallest absolute Gasteiger partial charge is 0.0107 e. The van der Waals surface area contributed by atoms with Crippen molar-refractivity contribution >= 4 is 0 Å². The van der Waals surface area contributed by atoms with Crippen molar-refractivity contribution in [3.63, 3.8) is 0 Å². The molecule has 60 valence electrons. The van der Waals surface area contributed by atoms with Crippen molar-refractivity contribution in [2.45, 2.75) is 32.4 Å². The lowest BCUT2D eigenvalue weighted by atomic mass is 10.1. The molecule has 0 bridgehead atoms. The minimum Gasteiger partial charge on any atom is -0.313 e. The van der Waals surface area contributed by atoms with Crippen molar-refractivity contribution < 1.29 is 0 Å². The Morgan fingerprint density at radius 2 is 2.10 bits per heavy atom. The third-order valence-corrected chi connectivity index (χ3v) is 2.40. The van der Waals surface area contributed by atoms with Crippen LogP contribution in [0.4, 0.5) is 0 Å². The average Bonchev–Trinajstić information content (AvgIpc) is 1.96. The van der Waals surface area contributed by atoms with E-state index in [1.165, 1.54) is 13.0 Å². The van der Waals surface area contributed by atoms with E-state index in [0.29, 0.717) is 6.04 Å². The molecule has 0 aromatic heterocycles. The molecule has 0 amide bonds.